The van der Waals surface area contributed by atoms with Gasteiger partial charge in [0.05, 0.1) is 17.9 Å². The number of aliphatic carboxylic acids is 1. The van der Waals surface area contributed by atoms with Crippen LogP contribution in [0.4, 0.5) is 4.39 Å². The minimum Gasteiger partial charge on any atom is -0.493 e. The van der Waals surface area contributed by atoms with Crippen molar-refractivity contribution in [3.63, 3.8) is 0 Å². The van der Waals surface area contributed by atoms with Crippen LogP contribution < -0.4 is 10.3 Å². The SMILES string of the molecule is CC.Cc1c(-c2c(C(OC(C)(C)C)C(=O)O)n(C)c(=O)c3c2ccn3Cc2ccc(F)cc2)ccc2c1CCCO2. The molecular formula is C33H39FN2O5. The number of ether oxygens (including phenoxy) is 2. The van der Waals surface area contributed by atoms with Crippen LogP contribution in [0.2, 0.25) is 0 Å². The van der Waals surface area contributed by atoms with Crippen molar-refractivity contribution < 1.29 is 23.8 Å². The summed E-state index contributed by atoms with van der Waals surface area (Å²) in [4.78, 5) is 26.5. The maximum Gasteiger partial charge on any atom is 0.339 e. The molecule has 0 amide bonds. The average Bonchev–Trinajstić information content (AvgIpc) is 3.35. The van der Waals surface area contributed by atoms with E-state index in [1.807, 2.05) is 49.7 Å². The molecule has 1 aliphatic rings. The molecule has 2 aromatic heterocycles. The summed E-state index contributed by atoms with van der Waals surface area (Å²) in [5, 5.41) is 11.0. The van der Waals surface area contributed by atoms with E-state index in [-0.39, 0.29) is 17.1 Å². The predicted molar refractivity (Wildman–Crippen MR) is 159 cm³/mol. The molecule has 2 aromatic carbocycles. The van der Waals surface area contributed by atoms with Crippen molar-refractivity contribution in [3.05, 3.63) is 87.2 Å². The van der Waals surface area contributed by atoms with Gasteiger partial charge in [-0.2, -0.15) is 0 Å². The van der Waals surface area contributed by atoms with Gasteiger partial charge in [-0.25, -0.2) is 9.18 Å². The zero-order chi connectivity index (χ0) is 30.1. The van der Waals surface area contributed by atoms with Gasteiger partial charge >= 0.3 is 5.97 Å². The lowest BCUT2D eigenvalue weighted by Gasteiger charge is -2.29. The van der Waals surface area contributed by atoms with Gasteiger partial charge in [0.1, 0.15) is 17.1 Å². The van der Waals surface area contributed by atoms with E-state index in [1.165, 1.54) is 16.7 Å². The molecule has 1 atom stereocenters. The Morgan fingerprint density at radius 3 is 2.44 bits per heavy atom. The van der Waals surface area contributed by atoms with Gasteiger partial charge in [-0.05, 0) is 87.1 Å². The molecule has 7 nitrogen and oxygen atoms in total. The van der Waals surface area contributed by atoms with Crippen molar-refractivity contribution in [1.29, 1.82) is 0 Å². The van der Waals surface area contributed by atoms with Crippen molar-refractivity contribution in [3.8, 4) is 16.9 Å². The number of benzene rings is 2. The Hall–Kier alpha value is -3.91. The van der Waals surface area contributed by atoms with E-state index < -0.39 is 17.7 Å². The average molecular weight is 563 g/mol. The molecule has 1 aliphatic heterocycles. The van der Waals surface area contributed by atoms with Crippen LogP contribution in [-0.4, -0.2) is 32.4 Å². The lowest BCUT2D eigenvalue weighted by molar-refractivity contribution is -0.161. The Morgan fingerprint density at radius 2 is 1.80 bits per heavy atom. The molecule has 4 aromatic rings. The molecule has 0 saturated heterocycles. The van der Waals surface area contributed by atoms with Crippen molar-refractivity contribution in [2.75, 3.05) is 6.61 Å². The number of carboxylic acids is 1. The number of aromatic nitrogens is 2. The first-order valence-corrected chi connectivity index (χ1v) is 14.1. The van der Waals surface area contributed by atoms with Crippen molar-refractivity contribution in [1.82, 2.24) is 9.13 Å². The van der Waals surface area contributed by atoms with Crippen molar-refractivity contribution in [2.45, 2.75) is 72.6 Å². The number of rotatable bonds is 6. The fourth-order valence-corrected chi connectivity index (χ4v) is 5.45. The minimum atomic E-state index is -1.38. The summed E-state index contributed by atoms with van der Waals surface area (Å²) in [6, 6.07) is 11.9. The number of nitrogens with zero attached hydrogens (tertiary/aromatic N) is 2. The monoisotopic (exact) mass is 562 g/mol. The van der Waals surface area contributed by atoms with Gasteiger partial charge in [-0.3, -0.25) is 4.79 Å². The number of pyridine rings is 1. The van der Waals surface area contributed by atoms with E-state index in [1.54, 1.807) is 40.0 Å². The van der Waals surface area contributed by atoms with Crippen LogP contribution in [0.25, 0.3) is 22.0 Å². The van der Waals surface area contributed by atoms with Crippen LogP contribution in [0.15, 0.2) is 53.5 Å². The first-order valence-electron chi connectivity index (χ1n) is 14.1. The van der Waals surface area contributed by atoms with E-state index in [2.05, 4.69) is 0 Å². The van der Waals surface area contributed by atoms with Crippen LogP contribution in [0, 0.1) is 12.7 Å². The summed E-state index contributed by atoms with van der Waals surface area (Å²) >= 11 is 0. The minimum absolute atomic E-state index is 0.286. The van der Waals surface area contributed by atoms with Gasteiger partial charge in [0.2, 0.25) is 0 Å². The molecule has 3 heterocycles. The molecule has 0 saturated carbocycles. The van der Waals surface area contributed by atoms with Crippen LogP contribution in [0.5, 0.6) is 5.75 Å². The quantitative estimate of drug-likeness (QED) is 0.280. The summed E-state index contributed by atoms with van der Waals surface area (Å²) < 4.78 is 28.7. The maximum absolute atomic E-state index is 13.9. The molecule has 5 rings (SSSR count). The summed E-state index contributed by atoms with van der Waals surface area (Å²) in [5.41, 5.74) is 3.99. The second-order valence-electron chi connectivity index (χ2n) is 11.1. The topological polar surface area (TPSA) is 82.7 Å². The van der Waals surface area contributed by atoms with Crippen LogP contribution in [-0.2, 0) is 29.5 Å². The molecule has 1 unspecified atom stereocenters. The van der Waals surface area contributed by atoms with Crippen molar-refractivity contribution in [2.24, 2.45) is 7.05 Å². The molecular weight excluding hydrogens is 523 g/mol. The fourth-order valence-electron chi connectivity index (χ4n) is 5.45. The molecule has 0 fully saturated rings. The predicted octanol–water partition coefficient (Wildman–Crippen LogP) is 6.79. The molecule has 0 aliphatic carbocycles. The maximum atomic E-state index is 13.9. The second-order valence-corrected chi connectivity index (χ2v) is 11.1. The van der Waals surface area contributed by atoms with Crippen LogP contribution >= 0.6 is 0 Å². The third-order valence-electron chi connectivity index (χ3n) is 7.22. The van der Waals surface area contributed by atoms with Crippen LogP contribution in [0.1, 0.15) is 69.5 Å². The first-order chi connectivity index (χ1) is 19.5. The van der Waals surface area contributed by atoms with Gasteiger partial charge in [0, 0.05) is 30.7 Å². The van der Waals surface area contributed by atoms with Gasteiger partial charge in [-0.15, -0.1) is 0 Å². The molecule has 0 radical (unpaired) electrons. The molecule has 8 heteroatoms. The summed E-state index contributed by atoms with van der Waals surface area (Å²) in [6.07, 6.45) is 2.19. The Balaban J connectivity index is 0.00000189. The second kappa shape index (κ2) is 11.9. The Bertz CT molecular complexity index is 1630. The molecule has 0 bridgehead atoms. The summed E-state index contributed by atoms with van der Waals surface area (Å²) in [5.74, 6) is -0.672. The Labute approximate surface area is 240 Å². The van der Waals surface area contributed by atoms with E-state index in [9.17, 15) is 19.1 Å². The lowest BCUT2D eigenvalue weighted by atomic mass is 9.89. The van der Waals surface area contributed by atoms with Crippen molar-refractivity contribution >= 4 is 16.9 Å². The lowest BCUT2D eigenvalue weighted by Crippen LogP contribution is -2.33. The first kappa shape index (κ1) is 30.1. The number of halogens is 1. The van der Waals surface area contributed by atoms with E-state index in [0.717, 1.165) is 40.8 Å². The molecule has 218 valence electrons. The molecule has 0 spiro atoms. The number of hydrogen-bond acceptors (Lipinski definition) is 4. The third kappa shape index (κ3) is 5.93. The third-order valence-corrected chi connectivity index (χ3v) is 7.22. The normalized spacial score (nSPS) is 13.7. The van der Waals surface area contributed by atoms with Gasteiger partial charge in [-0.1, -0.05) is 32.0 Å². The molecule has 41 heavy (non-hydrogen) atoms. The molecule has 1 N–H and O–H groups in total. The Kier molecular flexibility index (Phi) is 8.73. The highest BCUT2D eigenvalue weighted by Crippen LogP contribution is 2.42. The number of carbonyl (C=O) groups is 1. The van der Waals surface area contributed by atoms with E-state index >= 15 is 0 Å². The van der Waals surface area contributed by atoms with E-state index in [4.69, 9.17) is 9.47 Å². The highest BCUT2D eigenvalue weighted by Gasteiger charge is 2.34. The van der Waals surface area contributed by atoms with Gasteiger partial charge in [0.15, 0.2) is 6.10 Å². The summed E-state index contributed by atoms with van der Waals surface area (Å²) in [6.45, 7) is 12.4. The summed E-state index contributed by atoms with van der Waals surface area (Å²) in [7, 11) is 1.59. The number of fused-ring (bicyclic) bond motifs is 2. The smallest absolute Gasteiger partial charge is 0.339 e. The largest absolute Gasteiger partial charge is 0.493 e. The van der Waals surface area contributed by atoms with Gasteiger partial charge in [0.25, 0.3) is 5.56 Å². The van der Waals surface area contributed by atoms with E-state index in [0.29, 0.717) is 29.6 Å². The van der Waals surface area contributed by atoms with Crippen LogP contribution in [0.3, 0.4) is 0 Å². The van der Waals surface area contributed by atoms with Gasteiger partial charge < -0.3 is 23.7 Å². The standard InChI is InChI=1S/C31H33FN2O5.C2H6/c1-18-21-7-6-16-38-24(21)13-12-22(18)25-23-14-15-34(17-19-8-10-20(32)11-9-19)26(23)29(35)33(5)27(25)28(30(36)37)39-31(2,3)4;1-2/h8-15,28H,6-7,16-17H2,1-5H3,(H,36,37);1-2H3. The highest BCUT2D eigenvalue weighted by atomic mass is 19.1. The zero-order valence-electron chi connectivity index (χ0n) is 24.9. The fraction of sp³-hybridized carbons (Fsp3) is 0.394. The number of carboxylic acid groups (broad SMARTS) is 1. The zero-order valence-corrected chi connectivity index (χ0v) is 24.9. The highest BCUT2D eigenvalue weighted by molar-refractivity contribution is 5.99. The number of hydrogen-bond donors (Lipinski definition) is 1. The Morgan fingerprint density at radius 1 is 1.12 bits per heavy atom.